The summed E-state index contributed by atoms with van der Waals surface area (Å²) in [6.07, 6.45) is 9.06. The van der Waals surface area contributed by atoms with E-state index in [-0.39, 0.29) is 24.4 Å². The van der Waals surface area contributed by atoms with Gasteiger partial charge in [0, 0.05) is 25.6 Å². The number of carbonyl (C=O) groups excluding carboxylic acids is 1. The molecule has 4 bridgehead atoms. The van der Waals surface area contributed by atoms with Gasteiger partial charge < -0.3 is 15.4 Å². The van der Waals surface area contributed by atoms with Crippen LogP contribution in [0.4, 0.5) is 0 Å². The summed E-state index contributed by atoms with van der Waals surface area (Å²) < 4.78 is 5.42. The van der Waals surface area contributed by atoms with E-state index in [1.165, 1.54) is 38.5 Å². The Hall–Kier alpha value is -0.320. The molecular formula is C17H29ClN2O2. The quantitative estimate of drug-likeness (QED) is 0.831. The zero-order valence-electron chi connectivity index (χ0n) is 13.3. The van der Waals surface area contributed by atoms with Crippen LogP contribution >= 0.6 is 12.4 Å². The van der Waals surface area contributed by atoms with E-state index in [2.05, 4.69) is 10.6 Å². The molecule has 4 aliphatic carbocycles. The summed E-state index contributed by atoms with van der Waals surface area (Å²) in [6.45, 7) is 3.23. The highest BCUT2D eigenvalue weighted by Crippen LogP contribution is 2.59. The van der Waals surface area contributed by atoms with Gasteiger partial charge in [0.25, 0.3) is 0 Å². The van der Waals surface area contributed by atoms with Crippen LogP contribution in [-0.4, -0.2) is 38.3 Å². The second-order valence-corrected chi connectivity index (χ2v) is 8.12. The standard InChI is InChI=1S/C17H28N2O2.ClH/c20-16(6-15-10-21-2-1-18-15)19-11-17-7-12-3-13(8-17)5-14(4-12)9-17;/h12-15,18H,1-11H2,(H,19,20);1H. The molecule has 5 aliphatic rings. The van der Waals surface area contributed by atoms with Crippen molar-refractivity contribution in [1.29, 1.82) is 0 Å². The summed E-state index contributed by atoms with van der Waals surface area (Å²) >= 11 is 0. The molecule has 0 aromatic carbocycles. The number of hydrogen-bond donors (Lipinski definition) is 2. The number of ether oxygens (including phenoxy) is 1. The summed E-state index contributed by atoms with van der Waals surface area (Å²) in [4.78, 5) is 12.2. The molecule has 126 valence electrons. The predicted molar refractivity (Wildman–Crippen MR) is 88.1 cm³/mol. The highest BCUT2D eigenvalue weighted by atomic mass is 35.5. The van der Waals surface area contributed by atoms with Gasteiger partial charge in [-0.2, -0.15) is 0 Å². The molecule has 0 aromatic rings. The summed E-state index contributed by atoms with van der Waals surface area (Å²) in [5.41, 5.74) is 0.445. The van der Waals surface area contributed by atoms with E-state index in [1.54, 1.807) is 0 Å². The van der Waals surface area contributed by atoms with Crippen LogP contribution < -0.4 is 10.6 Å². The molecule has 1 saturated heterocycles. The number of amides is 1. The van der Waals surface area contributed by atoms with Crippen molar-refractivity contribution < 1.29 is 9.53 Å². The van der Waals surface area contributed by atoms with Gasteiger partial charge in [-0.3, -0.25) is 4.79 Å². The second kappa shape index (κ2) is 6.66. The van der Waals surface area contributed by atoms with E-state index in [0.29, 0.717) is 18.4 Å². The molecule has 4 saturated carbocycles. The van der Waals surface area contributed by atoms with Crippen molar-refractivity contribution in [3.8, 4) is 0 Å². The molecule has 1 unspecified atom stereocenters. The molecule has 5 fully saturated rings. The number of rotatable bonds is 4. The molecule has 2 N–H and O–H groups in total. The smallest absolute Gasteiger partial charge is 0.221 e. The number of nitrogens with one attached hydrogen (secondary N) is 2. The SMILES string of the molecule is Cl.O=C(CC1COCCN1)NCC12CC3CC(CC(C3)C1)C2. The van der Waals surface area contributed by atoms with Crippen molar-refractivity contribution >= 4 is 18.3 Å². The molecule has 5 rings (SSSR count). The minimum atomic E-state index is 0. The maximum absolute atomic E-state index is 12.2. The molecular weight excluding hydrogens is 300 g/mol. The average Bonchev–Trinajstić information content (AvgIpc) is 2.45. The van der Waals surface area contributed by atoms with Crippen molar-refractivity contribution in [2.24, 2.45) is 23.2 Å². The Bertz CT molecular complexity index is 374. The van der Waals surface area contributed by atoms with Gasteiger partial charge in [0.2, 0.25) is 5.91 Å². The first-order valence-corrected chi connectivity index (χ1v) is 8.79. The third-order valence-electron chi connectivity index (χ3n) is 6.26. The molecule has 1 atom stereocenters. The average molecular weight is 329 g/mol. The van der Waals surface area contributed by atoms with Crippen LogP contribution in [0.15, 0.2) is 0 Å². The third kappa shape index (κ3) is 3.44. The molecule has 0 spiro atoms. The number of carbonyl (C=O) groups is 1. The highest BCUT2D eigenvalue weighted by molar-refractivity contribution is 5.85. The van der Waals surface area contributed by atoms with Crippen molar-refractivity contribution in [2.75, 3.05) is 26.3 Å². The lowest BCUT2D eigenvalue weighted by molar-refractivity contribution is -0.124. The first-order chi connectivity index (χ1) is 10.2. The van der Waals surface area contributed by atoms with E-state index in [4.69, 9.17) is 4.74 Å². The van der Waals surface area contributed by atoms with E-state index in [9.17, 15) is 4.79 Å². The van der Waals surface area contributed by atoms with E-state index in [1.807, 2.05) is 0 Å². The van der Waals surface area contributed by atoms with Gasteiger partial charge in [0.15, 0.2) is 0 Å². The van der Waals surface area contributed by atoms with E-state index >= 15 is 0 Å². The van der Waals surface area contributed by atoms with Gasteiger partial charge in [-0.1, -0.05) is 0 Å². The third-order valence-corrected chi connectivity index (χ3v) is 6.26. The molecule has 0 aromatic heterocycles. The van der Waals surface area contributed by atoms with Crippen LogP contribution in [0, 0.1) is 23.2 Å². The largest absolute Gasteiger partial charge is 0.378 e. The van der Waals surface area contributed by atoms with Crippen LogP contribution in [0.5, 0.6) is 0 Å². The van der Waals surface area contributed by atoms with Crippen LogP contribution in [0.2, 0.25) is 0 Å². The lowest BCUT2D eigenvalue weighted by Gasteiger charge is -2.56. The van der Waals surface area contributed by atoms with Gasteiger partial charge >= 0.3 is 0 Å². The van der Waals surface area contributed by atoms with Crippen LogP contribution in [0.3, 0.4) is 0 Å². The Balaban J connectivity index is 0.00000144. The highest BCUT2D eigenvalue weighted by Gasteiger charge is 2.50. The molecule has 1 heterocycles. The van der Waals surface area contributed by atoms with Crippen LogP contribution in [0.25, 0.3) is 0 Å². The van der Waals surface area contributed by atoms with E-state index in [0.717, 1.165) is 37.5 Å². The van der Waals surface area contributed by atoms with Gasteiger partial charge in [0.05, 0.1) is 13.2 Å². The Morgan fingerprint density at radius 3 is 2.32 bits per heavy atom. The first kappa shape index (κ1) is 16.5. The summed E-state index contributed by atoms with van der Waals surface area (Å²) in [6, 6.07) is 0.204. The van der Waals surface area contributed by atoms with Gasteiger partial charge in [-0.05, 0) is 61.7 Å². The van der Waals surface area contributed by atoms with Gasteiger partial charge in [-0.25, -0.2) is 0 Å². The summed E-state index contributed by atoms with van der Waals surface area (Å²) in [5, 5.41) is 6.61. The van der Waals surface area contributed by atoms with Crippen LogP contribution in [-0.2, 0) is 9.53 Å². The zero-order chi connectivity index (χ0) is 14.3. The second-order valence-electron chi connectivity index (χ2n) is 8.12. The minimum absolute atomic E-state index is 0. The molecule has 4 nitrogen and oxygen atoms in total. The lowest BCUT2D eigenvalue weighted by Crippen LogP contribution is -2.52. The predicted octanol–water partition coefficient (Wildman–Crippen LogP) is 2.12. The lowest BCUT2D eigenvalue weighted by atomic mass is 9.49. The zero-order valence-corrected chi connectivity index (χ0v) is 14.1. The Kier molecular flexibility index (Phi) is 5.01. The topological polar surface area (TPSA) is 50.4 Å². The Labute approximate surface area is 139 Å². The van der Waals surface area contributed by atoms with Crippen molar-refractivity contribution in [1.82, 2.24) is 10.6 Å². The fraction of sp³-hybridized carbons (Fsp3) is 0.941. The molecule has 22 heavy (non-hydrogen) atoms. The summed E-state index contributed by atoms with van der Waals surface area (Å²) in [5.74, 6) is 3.08. The molecule has 5 heteroatoms. The minimum Gasteiger partial charge on any atom is -0.378 e. The normalized spacial score (nSPS) is 42.7. The first-order valence-electron chi connectivity index (χ1n) is 8.79. The maximum Gasteiger partial charge on any atom is 0.221 e. The van der Waals surface area contributed by atoms with Gasteiger partial charge in [0.1, 0.15) is 0 Å². The molecule has 1 amide bonds. The molecule has 0 radical (unpaired) electrons. The molecule has 1 aliphatic heterocycles. The number of hydrogen-bond acceptors (Lipinski definition) is 3. The van der Waals surface area contributed by atoms with Crippen molar-refractivity contribution in [3.63, 3.8) is 0 Å². The Morgan fingerprint density at radius 1 is 1.14 bits per heavy atom. The fourth-order valence-electron chi connectivity index (χ4n) is 5.84. The maximum atomic E-state index is 12.2. The number of halogens is 1. The number of morpholine rings is 1. The monoisotopic (exact) mass is 328 g/mol. The summed E-state index contributed by atoms with van der Waals surface area (Å²) in [7, 11) is 0. The van der Waals surface area contributed by atoms with Crippen molar-refractivity contribution in [2.45, 2.75) is 51.0 Å². The fourth-order valence-corrected chi connectivity index (χ4v) is 5.84. The van der Waals surface area contributed by atoms with Crippen LogP contribution in [0.1, 0.15) is 44.9 Å². The van der Waals surface area contributed by atoms with Crippen molar-refractivity contribution in [3.05, 3.63) is 0 Å². The van der Waals surface area contributed by atoms with Gasteiger partial charge in [-0.15, -0.1) is 12.4 Å². The van der Waals surface area contributed by atoms with E-state index < -0.39 is 0 Å². The Morgan fingerprint density at radius 2 is 1.77 bits per heavy atom.